The van der Waals surface area contributed by atoms with E-state index in [-0.39, 0.29) is 5.82 Å². The van der Waals surface area contributed by atoms with Crippen molar-refractivity contribution in [3.63, 3.8) is 0 Å². The summed E-state index contributed by atoms with van der Waals surface area (Å²) < 4.78 is 19.7. The van der Waals surface area contributed by atoms with Crippen molar-refractivity contribution in [1.82, 2.24) is 24.9 Å². The molecule has 0 bridgehead atoms. The topological polar surface area (TPSA) is 91.8 Å². The Bertz CT molecular complexity index is 1180. The van der Waals surface area contributed by atoms with Gasteiger partial charge in [-0.15, -0.1) is 0 Å². The molecule has 0 amide bonds. The number of rotatable bonds is 6. The fourth-order valence-electron chi connectivity index (χ4n) is 3.65. The molecule has 1 aliphatic rings. The number of nitrogens with one attached hydrogen (secondary N) is 2. The number of ether oxygens (including phenoxy) is 1. The molecule has 1 aliphatic heterocycles. The third-order valence-electron chi connectivity index (χ3n) is 5.24. The predicted molar refractivity (Wildman–Crippen MR) is 117 cm³/mol. The number of nitrogens with zero attached hydrogens (tertiary/aromatic N) is 5. The zero-order valence-electron chi connectivity index (χ0n) is 16.9. The summed E-state index contributed by atoms with van der Waals surface area (Å²) in [6.07, 6.45) is 6.14. The molecule has 0 radical (unpaired) electrons. The van der Waals surface area contributed by atoms with E-state index in [1.54, 1.807) is 18.6 Å². The number of morpholine rings is 1. The third kappa shape index (κ3) is 4.31. The highest BCUT2D eigenvalue weighted by Crippen LogP contribution is 2.29. The minimum Gasteiger partial charge on any atom is -0.378 e. The first-order valence-corrected chi connectivity index (χ1v) is 10.2. The van der Waals surface area contributed by atoms with Crippen LogP contribution in [0.1, 0.15) is 5.56 Å². The van der Waals surface area contributed by atoms with E-state index in [1.807, 2.05) is 18.2 Å². The predicted octanol–water partition coefficient (Wildman–Crippen LogP) is 3.05. The first kappa shape index (κ1) is 19.4. The quantitative estimate of drug-likeness (QED) is 0.496. The number of benzene rings is 1. The molecule has 0 aliphatic carbocycles. The van der Waals surface area contributed by atoms with E-state index in [0.29, 0.717) is 61.6 Å². The summed E-state index contributed by atoms with van der Waals surface area (Å²) in [6.45, 7) is 3.28. The van der Waals surface area contributed by atoms with Crippen LogP contribution in [-0.2, 0) is 11.2 Å². The first-order valence-electron chi connectivity index (χ1n) is 10.2. The van der Waals surface area contributed by atoms with Crippen molar-refractivity contribution in [2.24, 2.45) is 0 Å². The Labute approximate surface area is 178 Å². The smallest absolute Gasteiger partial charge is 0.230 e. The van der Waals surface area contributed by atoms with Gasteiger partial charge in [-0.1, -0.05) is 0 Å². The average Bonchev–Trinajstić information content (AvgIpc) is 3.28. The lowest BCUT2D eigenvalue weighted by Crippen LogP contribution is -2.37. The molecule has 0 atom stereocenters. The number of hydrogen-bond acceptors (Lipinski definition) is 7. The second kappa shape index (κ2) is 8.65. The summed E-state index contributed by atoms with van der Waals surface area (Å²) in [5, 5.41) is 4.16. The summed E-state index contributed by atoms with van der Waals surface area (Å²) in [4.78, 5) is 23.1. The summed E-state index contributed by atoms with van der Waals surface area (Å²) >= 11 is 0. The van der Waals surface area contributed by atoms with Gasteiger partial charge in [-0.2, -0.15) is 15.0 Å². The molecule has 1 fully saturated rings. The van der Waals surface area contributed by atoms with Crippen LogP contribution in [0.25, 0.3) is 22.3 Å². The van der Waals surface area contributed by atoms with Gasteiger partial charge in [-0.3, -0.25) is 4.98 Å². The number of H-pyrrole nitrogens is 1. The first-order chi connectivity index (χ1) is 15.3. The molecule has 0 unspecified atom stereocenters. The Hall–Kier alpha value is -3.59. The maximum absolute atomic E-state index is 14.3. The van der Waals surface area contributed by atoms with Gasteiger partial charge in [0.25, 0.3) is 0 Å². The molecule has 2 N–H and O–H groups in total. The zero-order valence-corrected chi connectivity index (χ0v) is 16.9. The molecule has 0 spiro atoms. The highest BCUT2D eigenvalue weighted by Gasteiger charge is 2.19. The molecular weight excluding hydrogens is 397 g/mol. The Morgan fingerprint density at radius 2 is 1.90 bits per heavy atom. The minimum atomic E-state index is -0.342. The number of hydrogen-bond donors (Lipinski definition) is 2. The van der Waals surface area contributed by atoms with Crippen molar-refractivity contribution in [3.8, 4) is 11.4 Å². The van der Waals surface area contributed by atoms with Crippen LogP contribution in [0.4, 0.5) is 16.3 Å². The van der Waals surface area contributed by atoms with Crippen molar-refractivity contribution < 1.29 is 9.13 Å². The van der Waals surface area contributed by atoms with Gasteiger partial charge in [0.2, 0.25) is 11.9 Å². The zero-order chi connectivity index (χ0) is 21.0. The average molecular weight is 419 g/mol. The molecule has 1 aromatic carbocycles. The lowest BCUT2D eigenvalue weighted by atomic mass is 10.1. The van der Waals surface area contributed by atoms with Crippen LogP contribution in [0.5, 0.6) is 0 Å². The van der Waals surface area contributed by atoms with E-state index in [9.17, 15) is 4.39 Å². The Balaban J connectivity index is 1.49. The van der Waals surface area contributed by atoms with Gasteiger partial charge in [-0.25, -0.2) is 4.39 Å². The van der Waals surface area contributed by atoms with Crippen LogP contribution in [-0.4, -0.2) is 57.8 Å². The van der Waals surface area contributed by atoms with E-state index in [1.165, 1.54) is 17.7 Å². The van der Waals surface area contributed by atoms with Gasteiger partial charge >= 0.3 is 0 Å². The van der Waals surface area contributed by atoms with E-state index >= 15 is 0 Å². The molecule has 158 valence electrons. The number of anilines is 2. The van der Waals surface area contributed by atoms with Crippen molar-refractivity contribution in [2.45, 2.75) is 6.42 Å². The van der Waals surface area contributed by atoms with Gasteiger partial charge in [0, 0.05) is 54.7 Å². The number of fused-ring (bicyclic) bond motifs is 1. The van der Waals surface area contributed by atoms with Gasteiger partial charge < -0.3 is 19.9 Å². The molecule has 4 heterocycles. The number of pyridine rings is 1. The van der Waals surface area contributed by atoms with E-state index in [2.05, 4.69) is 35.1 Å². The van der Waals surface area contributed by atoms with Crippen LogP contribution in [0.15, 0.2) is 48.9 Å². The second-order valence-electron chi connectivity index (χ2n) is 7.31. The Morgan fingerprint density at radius 1 is 1.06 bits per heavy atom. The largest absolute Gasteiger partial charge is 0.378 e. The van der Waals surface area contributed by atoms with Gasteiger partial charge in [0.05, 0.1) is 13.2 Å². The van der Waals surface area contributed by atoms with Crippen LogP contribution in [0.2, 0.25) is 0 Å². The van der Waals surface area contributed by atoms with Crippen LogP contribution in [0.3, 0.4) is 0 Å². The summed E-state index contributed by atoms with van der Waals surface area (Å²) in [5.41, 5.74) is 2.50. The highest BCUT2D eigenvalue weighted by atomic mass is 19.1. The van der Waals surface area contributed by atoms with E-state index in [4.69, 9.17) is 4.74 Å². The van der Waals surface area contributed by atoms with Crippen molar-refractivity contribution in [1.29, 1.82) is 0 Å². The van der Waals surface area contributed by atoms with E-state index < -0.39 is 0 Å². The highest BCUT2D eigenvalue weighted by molar-refractivity contribution is 5.93. The van der Waals surface area contributed by atoms with Crippen molar-refractivity contribution in [2.75, 3.05) is 43.1 Å². The molecule has 5 rings (SSSR count). The van der Waals surface area contributed by atoms with Crippen LogP contribution in [0, 0.1) is 5.82 Å². The lowest BCUT2D eigenvalue weighted by molar-refractivity contribution is 0.122. The van der Waals surface area contributed by atoms with Gasteiger partial charge in [0.1, 0.15) is 5.82 Å². The maximum Gasteiger partial charge on any atom is 0.230 e. The van der Waals surface area contributed by atoms with Gasteiger partial charge in [0.15, 0.2) is 5.82 Å². The van der Waals surface area contributed by atoms with Crippen molar-refractivity contribution >= 4 is 22.8 Å². The molecule has 3 aromatic heterocycles. The summed E-state index contributed by atoms with van der Waals surface area (Å²) in [7, 11) is 0. The SMILES string of the molecule is Fc1cc(-c2nc(NCCc3ccncc3)nc(N3CCOCC3)n2)c2cc[nH]c2c1. The lowest BCUT2D eigenvalue weighted by Gasteiger charge is -2.27. The molecular formula is C22H22FN7O. The van der Waals surface area contributed by atoms with Crippen LogP contribution < -0.4 is 10.2 Å². The maximum atomic E-state index is 14.3. The minimum absolute atomic E-state index is 0.342. The normalized spacial score (nSPS) is 14.2. The number of halogens is 1. The molecule has 9 heteroatoms. The molecule has 0 saturated carbocycles. The molecule has 1 saturated heterocycles. The van der Waals surface area contributed by atoms with Crippen LogP contribution >= 0.6 is 0 Å². The molecule has 8 nitrogen and oxygen atoms in total. The number of aromatic amines is 1. The monoisotopic (exact) mass is 419 g/mol. The molecule has 4 aromatic rings. The third-order valence-corrected chi connectivity index (χ3v) is 5.24. The molecule has 31 heavy (non-hydrogen) atoms. The fraction of sp³-hybridized carbons (Fsp3) is 0.273. The summed E-state index contributed by atoms with van der Waals surface area (Å²) in [6, 6.07) is 8.80. The fourth-order valence-corrected chi connectivity index (χ4v) is 3.65. The summed E-state index contributed by atoms with van der Waals surface area (Å²) in [5.74, 6) is 1.12. The second-order valence-corrected chi connectivity index (χ2v) is 7.31. The van der Waals surface area contributed by atoms with Crippen molar-refractivity contribution in [3.05, 3.63) is 60.3 Å². The number of aromatic nitrogens is 5. The van der Waals surface area contributed by atoms with E-state index in [0.717, 1.165) is 11.8 Å². The Kier molecular flexibility index (Phi) is 5.40. The standard InChI is InChI=1S/C22H22FN7O/c23-16-13-18(17-4-8-25-19(17)14-16)20-27-21(26-7-3-15-1-5-24-6-2-15)29-22(28-20)30-9-11-31-12-10-30/h1-2,4-6,8,13-14,25H,3,7,9-12H2,(H,26,27,28,29). The van der Waals surface area contributed by atoms with Gasteiger partial charge in [-0.05, 0) is 42.3 Å². The Morgan fingerprint density at radius 3 is 2.74 bits per heavy atom.